The largest absolute Gasteiger partial charge is 0.375 e. The van der Waals surface area contributed by atoms with Gasteiger partial charge in [-0.15, -0.1) is 12.4 Å². The first-order valence-electron chi connectivity index (χ1n) is 4.06. The molecular weight excluding hydrogens is 188 g/mol. The van der Waals surface area contributed by atoms with E-state index < -0.39 is 0 Å². The predicted molar refractivity (Wildman–Crippen MR) is 54.9 cm³/mol. The van der Waals surface area contributed by atoms with Crippen molar-refractivity contribution in [3.63, 3.8) is 0 Å². The first kappa shape index (κ1) is 10.3. The summed E-state index contributed by atoms with van der Waals surface area (Å²) in [6.45, 7) is 2.13. The second kappa shape index (κ2) is 4.46. The van der Waals surface area contributed by atoms with E-state index in [0.29, 0.717) is 13.2 Å². The van der Waals surface area contributed by atoms with Crippen LogP contribution in [0, 0.1) is 0 Å². The summed E-state index contributed by atoms with van der Waals surface area (Å²) in [6.07, 6.45) is 0. The lowest BCUT2D eigenvalue weighted by atomic mass is 10.2. The standard InChI is InChI=1S/C9H12N2O.ClH/c10-11-5-6-12-7-8-3-1-2-4-9(8)11;/h1-4H,5-7,10H2;1H. The number of para-hydroxylation sites is 1. The van der Waals surface area contributed by atoms with E-state index in [4.69, 9.17) is 10.6 Å². The molecule has 0 fully saturated rings. The summed E-state index contributed by atoms with van der Waals surface area (Å²) >= 11 is 0. The Balaban J connectivity index is 0.000000845. The van der Waals surface area contributed by atoms with Crippen molar-refractivity contribution in [1.29, 1.82) is 0 Å². The van der Waals surface area contributed by atoms with E-state index in [-0.39, 0.29) is 12.4 Å². The molecule has 1 aliphatic heterocycles. The molecule has 0 radical (unpaired) electrons. The van der Waals surface area contributed by atoms with Crippen LogP contribution in [-0.2, 0) is 11.3 Å². The number of anilines is 1. The highest BCUT2D eigenvalue weighted by molar-refractivity contribution is 5.85. The van der Waals surface area contributed by atoms with Crippen LogP contribution in [0.1, 0.15) is 5.56 Å². The Bertz CT molecular complexity index is 280. The third kappa shape index (κ3) is 2.12. The lowest BCUT2D eigenvalue weighted by molar-refractivity contribution is 0.132. The second-order valence-corrected chi connectivity index (χ2v) is 2.87. The van der Waals surface area contributed by atoms with Gasteiger partial charge in [-0.2, -0.15) is 0 Å². The van der Waals surface area contributed by atoms with Gasteiger partial charge in [-0.25, -0.2) is 5.84 Å². The topological polar surface area (TPSA) is 38.5 Å². The fourth-order valence-electron chi connectivity index (χ4n) is 1.38. The zero-order valence-electron chi connectivity index (χ0n) is 7.27. The number of benzene rings is 1. The Labute approximate surface area is 83.9 Å². The van der Waals surface area contributed by atoms with Crippen molar-refractivity contribution in [2.45, 2.75) is 6.61 Å². The highest BCUT2D eigenvalue weighted by atomic mass is 35.5. The predicted octanol–water partition coefficient (Wildman–Crippen LogP) is 1.32. The summed E-state index contributed by atoms with van der Waals surface area (Å²) < 4.78 is 5.37. The maximum absolute atomic E-state index is 5.80. The van der Waals surface area contributed by atoms with Gasteiger partial charge in [-0.1, -0.05) is 18.2 Å². The number of nitrogens with zero attached hydrogens (tertiary/aromatic N) is 1. The zero-order valence-corrected chi connectivity index (χ0v) is 8.09. The smallest absolute Gasteiger partial charge is 0.0738 e. The molecule has 0 spiro atoms. The molecule has 1 aliphatic rings. The molecule has 0 unspecified atom stereocenters. The monoisotopic (exact) mass is 200 g/mol. The molecule has 2 rings (SSSR count). The van der Waals surface area contributed by atoms with Gasteiger partial charge in [0, 0.05) is 5.56 Å². The summed E-state index contributed by atoms with van der Waals surface area (Å²) in [6, 6.07) is 8.05. The molecule has 72 valence electrons. The van der Waals surface area contributed by atoms with E-state index in [1.165, 1.54) is 0 Å². The molecular formula is C9H13ClN2O. The van der Waals surface area contributed by atoms with E-state index in [1.807, 2.05) is 24.3 Å². The molecule has 3 nitrogen and oxygen atoms in total. The highest BCUT2D eigenvalue weighted by Gasteiger charge is 2.10. The van der Waals surface area contributed by atoms with Gasteiger partial charge in [0.25, 0.3) is 0 Å². The lowest BCUT2D eigenvalue weighted by Gasteiger charge is -2.16. The Kier molecular flexibility index (Phi) is 3.54. The van der Waals surface area contributed by atoms with Crippen LogP contribution in [-0.4, -0.2) is 13.2 Å². The van der Waals surface area contributed by atoms with Crippen molar-refractivity contribution < 1.29 is 4.74 Å². The number of ether oxygens (including phenoxy) is 1. The van der Waals surface area contributed by atoms with Gasteiger partial charge in [0.05, 0.1) is 25.4 Å². The quantitative estimate of drug-likeness (QED) is 0.642. The van der Waals surface area contributed by atoms with Gasteiger partial charge >= 0.3 is 0 Å². The van der Waals surface area contributed by atoms with Crippen molar-refractivity contribution in [3.8, 4) is 0 Å². The Morgan fingerprint density at radius 1 is 1.31 bits per heavy atom. The van der Waals surface area contributed by atoms with E-state index in [9.17, 15) is 0 Å². The maximum Gasteiger partial charge on any atom is 0.0738 e. The van der Waals surface area contributed by atoms with Crippen LogP contribution >= 0.6 is 12.4 Å². The fourth-order valence-corrected chi connectivity index (χ4v) is 1.38. The van der Waals surface area contributed by atoms with Crippen LogP contribution in [0.25, 0.3) is 0 Å². The van der Waals surface area contributed by atoms with Crippen molar-refractivity contribution in [1.82, 2.24) is 0 Å². The van der Waals surface area contributed by atoms with E-state index in [1.54, 1.807) is 5.01 Å². The molecule has 13 heavy (non-hydrogen) atoms. The van der Waals surface area contributed by atoms with Crippen LogP contribution in [0.15, 0.2) is 24.3 Å². The Morgan fingerprint density at radius 2 is 2.08 bits per heavy atom. The number of halogens is 1. The molecule has 0 saturated heterocycles. The van der Waals surface area contributed by atoms with E-state index in [0.717, 1.165) is 17.8 Å². The third-order valence-electron chi connectivity index (χ3n) is 2.04. The molecule has 0 amide bonds. The third-order valence-corrected chi connectivity index (χ3v) is 2.04. The molecule has 0 saturated carbocycles. The van der Waals surface area contributed by atoms with E-state index >= 15 is 0 Å². The number of nitrogens with two attached hydrogens (primary N) is 1. The minimum absolute atomic E-state index is 0. The number of hydrogen-bond donors (Lipinski definition) is 1. The lowest BCUT2D eigenvalue weighted by Crippen LogP contribution is -2.33. The molecule has 0 aromatic heterocycles. The minimum atomic E-state index is 0. The maximum atomic E-state index is 5.80. The van der Waals surface area contributed by atoms with Crippen LogP contribution in [0.4, 0.5) is 5.69 Å². The van der Waals surface area contributed by atoms with Crippen LogP contribution < -0.4 is 10.9 Å². The normalized spacial score (nSPS) is 15.6. The van der Waals surface area contributed by atoms with Crippen LogP contribution in [0.3, 0.4) is 0 Å². The molecule has 0 bridgehead atoms. The molecule has 1 aromatic carbocycles. The molecule has 1 heterocycles. The van der Waals surface area contributed by atoms with Gasteiger partial charge in [-0.3, -0.25) is 0 Å². The summed E-state index contributed by atoms with van der Waals surface area (Å²) in [4.78, 5) is 0. The van der Waals surface area contributed by atoms with Crippen molar-refractivity contribution >= 4 is 18.1 Å². The van der Waals surface area contributed by atoms with Gasteiger partial charge in [0.1, 0.15) is 0 Å². The van der Waals surface area contributed by atoms with Gasteiger partial charge in [0.15, 0.2) is 0 Å². The minimum Gasteiger partial charge on any atom is -0.375 e. The number of hydrazine groups is 1. The van der Waals surface area contributed by atoms with Crippen molar-refractivity contribution in [3.05, 3.63) is 29.8 Å². The first-order chi connectivity index (χ1) is 5.88. The molecule has 2 N–H and O–H groups in total. The molecule has 0 atom stereocenters. The number of hydrogen-bond acceptors (Lipinski definition) is 3. The summed E-state index contributed by atoms with van der Waals surface area (Å²) in [5.74, 6) is 5.80. The average Bonchev–Trinajstić information content (AvgIpc) is 2.29. The van der Waals surface area contributed by atoms with E-state index in [2.05, 4.69) is 0 Å². The van der Waals surface area contributed by atoms with Crippen LogP contribution in [0.5, 0.6) is 0 Å². The highest BCUT2D eigenvalue weighted by Crippen LogP contribution is 2.20. The second-order valence-electron chi connectivity index (χ2n) is 2.87. The van der Waals surface area contributed by atoms with Crippen molar-refractivity contribution in [2.75, 3.05) is 18.2 Å². The van der Waals surface area contributed by atoms with Gasteiger partial charge in [-0.05, 0) is 6.07 Å². The summed E-state index contributed by atoms with van der Waals surface area (Å²) in [7, 11) is 0. The summed E-state index contributed by atoms with van der Waals surface area (Å²) in [5.41, 5.74) is 2.24. The van der Waals surface area contributed by atoms with Gasteiger partial charge < -0.3 is 9.75 Å². The van der Waals surface area contributed by atoms with Crippen LogP contribution in [0.2, 0.25) is 0 Å². The zero-order chi connectivity index (χ0) is 8.39. The number of rotatable bonds is 0. The Hall–Kier alpha value is -0.770. The van der Waals surface area contributed by atoms with Crippen molar-refractivity contribution in [2.24, 2.45) is 5.84 Å². The van der Waals surface area contributed by atoms with Gasteiger partial charge in [0.2, 0.25) is 0 Å². The SMILES string of the molecule is Cl.NN1CCOCc2ccccc21. The fraction of sp³-hybridized carbons (Fsp3) is 0.333. The molecule has 0 aliphatic carbocycles. The molecule has 1 aromatic rings. The first-order valence-corrected chi connectivity index (χ1v) is 4.06. The molecule has 4 heteroatoms. The number of fused-ring (bicyclic) bond motifs is 1. The summed E-state index contributed by atoms with van der Waals surface area (Å²) in [5, 5.41) is 1.74. The Morgan fingerprint density at radius 3 is 2.92 bits per heavy atom. The average molecular weight is 201 g/mol.